The molecule has 0 bridgehead atoms. The third-order valence-electron chi connectivity index (χ3n) is 3.93. The molecular weight excluding hydrogens is 343 g/mol. The summed E-state index contributed by atoms with van der Waals surface area (Å²) < 4.78 is 19.2. The summed E-state index contributed by atoms with van der Waals surface area (Å²) in [4.78, 5) is 12.3. The molecule has 1 aromatic heterocycles. The summed E-state index contributed by atoms with van der Waals surface area (Å²) in [6, 6.07) is 8.20. The Morgan fingerprint density at radius 1 is 1.36 bits per heavy atom. The zero-order valence-electron chi connectivity index (χ0n) is 14.4. The van der Waals surface area contributed by atoms with Gasteiger partial charge in [0.15, 0.2) is 0 Å². The van der Waals surface area contributed by atoms with Gasteiger partial charge >= 0.3 is 0 Å². The Morgan fingerprint density at radius 3 is 2.64 bits per heavy atom. The van der Waals surface area contributed by atoms with Crippen LogP contribution in [0.4, 0.5) is 4.39 Å². The number of aromatic nitrogens is 2. The molecule has 0 spiro atoms. The number of benzene rings is 1. The molecule has 0 aliphatic rings. The highest BCUT2D eigenvalue weighted by Gasteiger charge is 2.32. The molecule has 6 nitrogen and oxygen atoms in total. The summed E-state index contributed by atoms with van der Waals surface area (Å²) in [5, 5.41) is 19.3. The van der Waals surface area contributed by atoms with Crippen LogP contribution in [0.3, 0.4) is 0 Å². The predicted molar refractivity (Wildman–Crippen MR) is 92.0 cm³/mol. The first-order valence-electron chi connectivity index (χ1n) is 7.75. The number of nitrogens with one attached hydrogen (secondary N) is 1. The maximum absolute atomic E-state index is 13.7. The lowest BCUT2D eigenvalue weighted by Gasteiger charge is -2.28. The summed E-state index contributed by atoms with van der Waals surface area (Å²) in [7, 11) is 0. The Labute approximate surface area is 149 Å². The van der Waals surface area contributed by atoms with Crippen molar-refractivity contribution in [1.82, 2.24) is 15.5 Å². The quantitative estimate of drug-likeness (QED) is 0.792. The molecule has 0 unspecified atom stereocenters. The smallest absolute Gasteiger partial charge is 0.277 e. The van der Waals surface area contributed by atoms with Gasteiger partial charge in [0, 0.05) is 0 Å². The van der Waals surface area contributed by atoms with E-state index >= 15 is 0 Å². The molecule has 8 heteroatoms. The average Bonchev–Trinajstić information content (AvgIpc) is 3.03. The van der Waals surface area contributed by atoms with E-state index in [2.05, 4.69) is 21.6 Å². The second-order valence-electron chi connectivity index (χ2n) is 6.07. The lowest BCUT2D eigenvalue weighted by Crippen LogP contribution is -2.51. The van der Waals surface area contributed by atoms with Crippen molar-refractivity contribution in [1.29, 1.82) is 5.26 Å². The molecule has 2 atom stereocenters. The predicted octanol–water partition coefficient (Wildman–Crippen LogP) is 3.41. The van der Waals surface area contributed by atoms with Gasteiger partial charge in [0.1, 0.15) is 11.4 Å². The standard InChI is InChI=1S/C17H19FN4O2S/c1-10(2)17(4,9-19)20-14(23)11(3)25-16-22-21-15(24-16)12-7-5-6-8-13(12)18/h5-8,10-11H,1-4H3,(H,20,23)/t11-,17+/m0/s1. The van der Waals surface area contributed by atoms with E-state index in [4.69, 9.17) is 4.42 Å². The SMILES string of the molecule is CC(C)[C@@](C)(C#N)NC(=O)[C@H](C)Sc1nnc(-c2ccccc2F)o1. The van der Waals surface area contributed by atoms with Gasteiger partial charge in [-0.15, -0.1) is 10.2 Å². The molecule has 1 aromatic carbocycles. The van der Waals surface area contributed by atoms with Crippen molar-refractivity contribution < 1.29 is 13.6 Å². The number of rotatable bonds is 6. The Balaban J connectivity index is 2.07. The van der Waals surface area contributed by atoms with E-state index in [0.29, 0.717) is 0 Å². The molecule has 132 valence electrons. The zero-order chi connectivity index (χ0) is 18.6. The lowest BCUT2D eigenvalue weighted by atomic mass is 9.90. The van der Waals surface area contributed by atoms with Crippen LogP contribution in [0.1, 0.15) is 27.7 Å². The fraction of sp³-hybridized carbons (Fsp3) is 0.412. The number of nitrogens with zero attached hydrogens (tertiary/aromatic N) is 3. The molecule has 2 aromatic rings. The summed E-state index contributed by atoms with van der Waals surface area (Å²) in [6.45, 7) is 7.07. The zero-order valence-corrected chi connectivity index (χ0v) is 15.2. The largest absolute Gasteiger partial charge is 0.411 e. The first-order valence-corrected chi connectivity index (χ1v) is 8.63. The summed E-state index contributed by atoms with van der Waals surface area (Å²) in [6.07, 6.45) is 0. The molecule has 1 N–H and O–H groups in total. The summed E-state index contributed by atoms with van der Waals surface area (Å²) in [5.41, 5.74) is -0.755. The molecule has 0 saturated heterocycles. The minimum atomic E-state index is -0.959. The van der Waals surface area contributed by atoms with Crippen LogP contribution in [-0.4, -0.2) is 26.9 Å². The van der Waals surface area contributed by atoms with E-state index in [-0.39, 0.29) is 28.5 Å². The van der Waals surface area contributed by atoms with Crippen LogP contribution in [0, 0.1) is 23.1 Å². The van der Waals surface area contributed by atoms with Crippen LogP contribution >= 0.6 is 11.8 Å². The van der Waals surface area contributed by atoms with Crippen molar-refractivity contribution in [3.63, 3.8) is 0 Å². The number of thioether (sulfide) groups is 1. The minimum absolute atomic E-state index is 0.0466. The first kappa shape index (κ1) is 18.9. The topological polar surface area (TPSA) is 91.8 Å². The van der Waals surface area contributed by atoms with E-state index in [1.807, 2.05) is 13.8 Å². The number of carbonyl (C=O) groups excluding carboxylic acids is 1. The fourth-order valence-corrected chi connectivity index (χ4v) is 2.55. The number of hydrogen-bond acceptors (Lipinski definition) is 6. The molecule has 2 rings (SSSR count). The van der Waals surface area contributed by atoms with Crippen LogP contribution in [0.5, 0.6) is 0 Å². The van der Waals surface area contributed by atoms with Gasteiger partial charge in [-0.05, 0) is 31.9 Å². The van der Waals surface area contributed by atoms with Crippen molar-refractivity contribution in [2.24, 2.45) is 5.92 Å². The number of carbonyl (C=O) groups is 1. The van der Waals surface area contributed by atoms with E-state index in [0.717, 1.165) is 11.8 Å². The van der Waals surface area contributed by atoms with Crippen molar-refractivity contribution in [2.45, 2.75) is 43.7 Å². The highest BCUT2D eigenvalue weighted by Crippen LogP contribution is 2.28. The number of amides is 1. The van der Waals surface area contributed by atoms with Crippen LogP contribution < -0.4 is 5.32 Å². The number of hydrogen-bond donors (Lipinski definition) is 1. The van der Waals surface area contributed by atoms with E-state index < -0.39 is 16.6 Å². The number of halogens is 1. The van der Waals surface area contributed by atoms with Gasteiger partial charge in [-0.2, -0.15) is 5.26 Å². The Hall–Kier alpha value is -2.40. The molecule has 0 radical (unpaired) electrons. The van der Waals surface area contributed by atoms with E-state index in [1.54, 1.807) is 26.0 Å². The first-order chi connectivity index (χ1) is 11.8. The Bertz CT molecular complexity index is 802. The van der Waals surface area contributed by atoms with Gasteiger partial charge in [0.25, 0.3) is 11.1 Å². The van der Waals surface area contributed by atoms with Crippen molar-refractivity contribution in [2.75, 3.05) is 0 Å². The minimum Gasteiger partial charge on any atom is -0.411 e. The van der Waals surface area contributed by atoms with E-state index in [9.17, 15) is 14.4 Å². The van der Waals surface area contributed by atoms with Gasteiger partial charge in [-0.3, -0.25) is 4.79 Å². The summed E-state index contributed by atoms with van der Waals surface area (Å²) in [5.74, 6) is -0.768. The molecule has 0 fully saturated rings. The monoisotopic (exact) mass is 362 g/mol. The van der Waals surface area contributed by atoms with Gasteiger partial charge in [0.2, 0.25) is 5.91 Å². The Kier molecular flexibility index (Phi) is 5.80. The maximum atomic E-state index is 13.7. The number of nitriles is 1. The second kappa shape index (κ2) is 7.66. The summed E-state index contributed by atoms with van der Waals surface area (Å²) >= 11 is 1.05. The van der Waals surface area contributed by atoms with Crippen molar-refractivity contribution in [3.05, 3.63) is 30.1 Å². The van der Waals surface area contributed by atoms with Crippen LogP contribution in [0.25, 0.3) is 11.5 Å². The normalized spacial score (nSPS) is 14.6. The molecule has 25 heavy (non-hydrogen) atoms. The molecule has 0 saturated carbocycles. The Morgan fingerprint density at radius 2 is 2.04 bits per heavy atom. The van der Waals surface area contributed by atoms with Crippen LogP contribution in [-0.2, 0) is 4.79 Å². The van der Waals surface area contributed by atoms with Gasteiger partial charge < -0.3 is 9.73 Å². The van der Waals surface area contributed by atoms with Gasteiger partial charge in [0.05, 0.1) is 16.9 Å². The average molecular weight is 362 g/mol. The molecule has 1 amide bonds. The highest BCUT2D eigenvalue weighted by atomic mass is 32.2. The lowest BCUT2D eigenvalue weighted by molar-refractivity contribution is -0.121. The molecule has 0 aliphatic carbocycles. The van der Waals surface area contributed by atoms with Gasteiger partial charge in [-0.25, -0.2) is 4.39 Å². The third kappa shape index (κ3) is 4.37. The van der Waals surface area contributed by atoms with Crippen LogP contribution in [0.15, 0.2) is 33.9 Å². The van der Waals surface area contributed by atoms with Crippen molar-refractivity contribution in [3.8, 4) is 17.5 Å². The maximum Gasteiger partial charge on any atom is 0.277 e. The molecule has 0 aliphatic heterocycles. The van der Waals surface area contributed by atoms with E-state index in [1.165, 1.54) is 12.1 Å². The molecular formula is C17H19FN4O2S. The van der Waals surface area contributed by atoms with Gasteiger partial charge in [-0.1, -0.05) is 37.7 Å². The molecule has 1 heterocycles. The third-order valence-corrected chi connectivity index (χ3v) is 4.86. The fourth-order valence-electron chi connectivity index (χ4n) is 1.86. The van der Waals surface area contributed by atoms with Crippen molar-refractivity contribution >= 4 is 17.7 Å². The second-order valence-corrected chi connectivity index (χ2v) is 7.36. The van der Waals surface area contributed by atoms with Crippen LogP contribution in [0.2, 0.25) is 0 Å². The highest BCUT2D eigenvalue weighted by molar-refractivity contribution is 8.00.